The second-order valence-corrected chi connectivity index (χ2v) is 8.28. The Morgan fingerprint density at radius 2 is 1.94 bits per heavy atom. The highest BCUT2D eigenvalue weighted by Crippen LogP contribution is 2.30. The van der Waals surface area contributed by atoms with E-state index in [1.54, 1.807) is 0 Å². The minimum absolute atomic E-state index is 0.0381. The van der Waals surface area contributed by atoms with Crippen molar-refractivity contribution < 1.29 is 29.2 Å². The normalized spacial score (nSPS) is 25.6. The van der Waals surface area contributed by atoms with Crippen LogP contribution in [-0.2, 0) is 21.1 Å². The lowest BCUT2D eigenvalue weighted by Crippen LogP contribution is -2.50. The van der Waals surface area contributed by atoms with Crippen LogP contribution in [0.1, 0.15) is 31.2 Å². The average molecular weight is 432 g/mol. The summed E-state index contributed by atoms with van der Waals surface area (Å²) in [4.78, 5) is 50.6. The number of hydroxylamine groups is 3. The van der Waals surface area contributed by atoms with Gasteiger partial charge < -0.3 is 14.9 Å². The molecule has 0 aliphatic carbocycles. The predicted molar refractivity (Wildman–Crippen MR) is 108 cm³/mol. The van der Waals surface area contributed by atoms with Gasteiger partial charge in [0.2, 0.25) is 0 Å². The summed E-state index contributed by atoms with van der Waals surface area (Å²) in [6, 6.07) is 8.65. The van der Waals surface area contributed by atoms with E-state index in [1.165, 1.54) is 14.9 Å². The fourth-order valence-electron chi connectivity index (χ4n) is 4.46. The molecule has 3 atom stereocenters. The summed E-state index contributed by atoms with van der Waals surface area (Å²) >= 11 is 0. The predicted octanol–water partition coefficient (Wildman–Crippen LogP) is 1.82. The smallest absolute Gasteiger partial charge is 0.407 e. The number of urea groups is 1. The number of amides is 4. The van der Waals surface area contributed by atoms with Crippen molar-refractivity contribution >= 4 is 18.0 Å². The molecule has 10 nitrogen and oxygen atoms in total. The molecule has 0 saturated carbocycles. The van der Waals surface area contributed by atoms with Crippen LogP contribution >= 0.6 is 0 Å². The highest BCUT2D eigenvalue weighted by atomic mass is 16.7. The molecular formula is C21H28N4O6. The van der Waals surface area contributed by atoms with Gasteiger partial charge in [0.05, 0.1) is 12.6 Å². The molecule has 3 aliphatic rings. The zero-order chi connectivity index (χ0) is 21.8. The zero-order valence-corrected chi connectivity index (χ0v) is 17.3. The van der Waals surface area contributed by atoms with Gasteiger partial charge in [-0.3, -0.25) is 14.5 Å². The van der Waals surface area contributed by atoms with Crippen molar-refractivity contribution in [1.29, 1.82) is 0 Å². The number of hydrogen-bond acceptors (Lipinski definition) is 5. The van der Waals surface area contributed by atoms with Crippen LogP contribution in [0.2, 0.25) is 0 Å². The number of likely N-dealkylation sites (tertiary alicyclic amines) is 1. The van der Waals surface area contributed by atoms with Crippen molar-refractivity contribution in [2.75, 3.05) is 26.2 Å². The SMILES string of the molecule is O=C(NOC[C@@H]1CCCN(C(=O)O)C1)[C@@H]1CC[C@@H]2CN1C(=O)N2OCc1ccccc1. The van der Waals surface area contributed by atoms with Gasteiger partial charge in [-0.2, -0.15) is 5.06 Å². The van der Waals surface area contributed by atoms with E-state index in [0.717, 1.165) is 18.4 Å². The van der Waals surface area contributed by atoms with Gasteiger partial charge in [-0.1, -0.05) is 30.3 Å². The molecule has 168 valence electrons. The summed E-state index contributed by atoms with van der Waals surface area (Å²) in [7, 11) is 0. The summed E-state index contributed by atoms with van der Waals surface area (Å²) in [6.07, 6.45) is 1.90. The first-order chi connectivity index (χ1) is 15.0. The van der Waals surface area contributed by atoms with Crippen molar-refractivity contribution in [3.05, 3.63) is 35.9 Å². The van der Waals surface area contributed by atoms with Crippen molar-refractivity contribution in [1.82, 2.24) is 20.3 Å². The molecule has 1 aromatic carbocycles. The Hall–Kier alpha value is -2.85. The number of carbonyl (C=O) groups excluding carboxylic acids is 2. The lowest BCUT2D eigenvalue weighted by molar-refractivity contribution is -0.141. The first kappa shape index (κ1) is 21.4. The van der Waals surface area contributed by atoms with E-state index >= 15 is 0 Å². The Bertz CT molecular complexity index is 806. The van der Waals surface area contributed by atoms with Gasteiger partial charge in [-0.15, -0.1) is 0 Å². The van der Waals surface area contributed by atoms with E-state index in [2.05, 4.69) is 5.48 Å². The number of rotatable bonds is 7. The molecule has 2 bridgehead atoms. The van der Waals surface area contributed by atoms with Gasteiger partial charge in [0.25, 0.3) is 5.91 Å². The number of carbonyl (C=O) groups is 3. The van der Waals surface area contributed by atoms with Crippen molar-refractivity contribution in [3.8, 4) is 0 Å². The van der Waals surface area contributed by atoms with Crippen LogP contribution in [0.4, 0.5) is 9.59 Å². The highest BCUT2D eigenvalue weighted by molar-refractivity contribution is 5.88. The summed E-state index contributed by atoms with van der Waals surface area (Å²) in [5, 5.41) is 10.5. The molecule has 3 aliphatic heterocycles. The van der Waals surface area contributed by atoms with Crippen LogP contribution in [0.5, 0.6) is 0 Å². The number of piperidine rings is 2. The van der Waals surface area contributed by atoms with Gasteiger partial charge >= 0.3 is 12.1 Å². The molecule has 31 heavy (non-hydrogen) atoms. The largest absolute Gasteiger partial charge is 0.465 e. The second-order valence-electron chi connectivity index (χ2n) is 8.28. The van der Waals surface area contributed by atoms with Gasteiger partial charge in [-0.05, 0) is 31.2 Å². The van der Waals surface area contributed by atoms with Crippen LogP contribution in [0.3, 0.4) is 0 Å². The van der Waals surface area contributed by atoms with Crippen LogP contribution in [-0.4, -0.2) is 76.3 Å². The standard InChI is InChI=1S/C21H28N4O6/c26-19(22-30-13-16-7-4-10-23(11-16)21(28)29)18-9-8-17-12-24(18)20(27)25(17)31-14-15-5-2-1-3-6-15/h1-3,5-6,16-18H,4,7-14H2,(H,22,26)(H,28,29)/t16-,17-,18+/m1/s1. The topological polar surface area (TPSA) is 112 Å². The lowest BCUT2D eigenvalue weighted by Gasteiger charge is -2.31. The summed E-state index contributed by atoms with van der Waals surface area (Å²) < 4.78 is 0. The maximum absolute atomic E-state index is 12.8. The Labute approximate surface area is 180 Å². The minimum atomic E-state index is -0.933. The molecule has 4 rings (SSSR count). The van der Waals surface area contributed by atoms with E-state index in [9.17, 15) is 14.4 Å². The molecule has 0 radical (unpaired) electrons. The molecule has 2 N–H and O–H groups in total. The summed E-state index contributed by atoms with van der Waals surface area (Å²) in [5.41, 5.74) is 3.43. The number of benzene rings is 1. The van der Waals surface area contributed by atoms with E-state index in [-0.39, 0.29) is 30.5 Å². The van der Waals surface area contributed by atoms with Crippen molar-refractivity contribution in [2.45, 2.75) is 44.4 Å². The van der Waals surface area contributed by atoms with Crippen LogP contribution in [0, 0.1) is 5.92 Å². The molecule has 3 heterocycles. The minimum Gasteiger partial charge on any atom is -0.465 e. The van der Waals surface area contributed by atoms with Gasteiger partial charge in [0.15, 0.2) is 0 Å². The number of fused-ring (bicyclic) bond motifs is 2. The molecule has 3 saturated heterocycles. The van der Waals surface area contributed by atoms with Gasteiger partial charge in [0, 0.05) is 25.6 Å². The first-order valence-corrected chi connectivity index (χ1v) is 10.7. The fraction of sp³-hybridized carbons (Fsp3) is 0.571. The molecule has 10 heteroatoms. The maximum Gasteiger partial charge on any atom is 0.407 e. The average Bonchev–Trinajstić information content (AvgIpc) is 3.02. The van der Waals surface area contributed by atoms with Gasteiger partial charge in [-0.25, -0.2) is 15.1 Å². The molecule has 4 amide bonds. The highest BCUT2D eigenvalue weighted by Gasteiger charge is 2.48. The summed E-state index contributed by atoms with van der Waals surface area (Å²) in [5.74, 6) is -0.321. The number of hydrogen-bond donors (Lipinski definition) is 2. The van der Waals surface area contributed by atoms with Crippen molar-refractivity contribution in [3.63, 3.8) is 0 Å². The van der Waals surface area contributed by atoms with E-state index in [0.29, 0.717) is 39.1 Å². The quantitative estimate of drug-likeness (QED) is 0.636. The van der Waals surface area contributed by atoms with Crippen molar-refractivity contribution in [2.24, 2.45) is 5.92 Å². The Morgan fingerprint density at radius 3 is 2.71 bits per heavy atom. The van der Waals surface area contributed by atoms with E-state index in [4.69, 9.17) is 14.8 Å². The Morgan fingerprint density at radius 1 is 1.13 bits per heavy atom. The fourth-order valence-corrected chi connectivity index (χ4v) is 4.46. The maximum atomic E-state index is 12.8. The monoisotopic (exact) mass is 432 g/mol. The van der Waals surface area contributed by atoms with E-state index in [1.807, 2.05) is 30.3 Å². The molecular weight excluding hydrogens is 404 g/mol. The number of nitrogens with one attached hydrogen (secondary N) is 1. The van der Waals surface area contributed by atoms with Crippen LogP contribution in [0.25, 0.3) is 0 Å². The van der Waals surface area contributed by atoms with E-state index < -0.39 is 12.1 Å². The molecule has 3 fully saturated rings. The molecule has 0 aromatic heterocycles. The third-order valence-electron chi connectivity index (χ3n) is 6.12. The third-order valence-corrected chi connectivity index (χ3v) is 6.12. The Balaban J connectivity index is 1.24. The second kappa shape index (κ2) is 9.52. The molecule has 1 aromatic rings. The Kier molecular flexibility index (Phi) is 6.57. The van der Waals surface area contributed by atoms with Gasteiger partial charge in [0.1, 0.15) is 12.6 Å². The molecule has 0 spiro atoms. The summed E-state index contributed by atoms with van der Waals surface area (Å²) in [6.45, 7) is 1.91. The third kappa shape index (κ3) is 4.91. The number of nitrogens with zero attached hydrogens (tertiary/aromatic N) is 3. The number of carboxylic acid groups (broad SMARTS) is 1. The zero-order valence-electron chi connectivity index (χ0n) is 17.3. The van der Waals surface area contributed by atoms with Crippen LogP contribution < -0.4 is 5.48 Å². The first-order valence-electron chi connectivity index (χ1n) is 10.7. The lowest BCUT2D eigenvalue weighted by atomic mass is 9.99. The van der Waals surface area contributed by atoms with Crippen LogP contribution in [0.15, 0.2) is 30.3 Å². The molecule has 0 unspecified atom stereocenters.